The lowest BCUT2D eigenvalue weighted by Gasteiger charge is -2.37. The number of rotatable bonds is 7. The monoisotopic (exact) mass is 492 g/mol. The van der Waals surface area contributed by atoms with Crippen LogP contribution in [0.2, 0.25) is 0 Å². The van der Waals surface area contributed by atoms with E-state index in [9.17, 15) is 14.7 Å². The number of nitrogens with zero attached hydrogens (tertiary/aromatic N) is 4. The van der Waals surface area contributed by atoms with E-state index in [0.29, 0.717) is 18.7 Å². The molecule has 0 radical (unpaired) electrons. The van der Waals surface area contributed by atoms with E-state index in [-0.39, 0.29) is 48.8 Å². The molecule has 0 aromatic carbocycles. The molecule has 8 heteroatoms. The zero-order chi connectivity index (χ0) is 25.7. The highest BCUT2D eigenvalue weighted by atomic mass is 16.5. The highest BCUT2D eigenvalue weighted by Gasteiger charge is 2.35. The summed E-state index contributed by atoms with van der Waals surface area (Å²) in [6.07, 6.45) is 11.6. The minimum absolute atomic E-state index is 0.0368. The topological polar surface area (TPSA) is 95.9 Å². The maximum Gasteiger partial charge on any atom is 0.259 e. The third-order valence-electron chi connectivity index (χ3n) is 7.14. The lowest BCUT2D eigenvalue weighted by molar-refractivity contribution is -0.130. The van der Waals surface area contributed by atoms with Gasteiger partial charge in [-0.1, -0.05) is 19.1 Å². The van der Waals surface area contributed by atoms with Crippen LogP contribution in [0.3, 0.4) is 0 Å². The van der Waals surface area contributed by atoms with Gasteiger partial charge in [0.2, 0.25) is 11.8 Å². The molecule has 4 rings (SSSR count). The first-order valence-electron chi connectivity index (χ1n) is 12.8. The van der Waals surface area contributed by atoms with E-state index in [0.717, 1.165) is 30.4 Å². The summed E-state index contributed by atoms with van der Waals surface area (Å²) >= 11 is 0. The molecule has 0 saturated carbocycles. The number of hydrogen-bond acceptors (Lipinski definition) is 6. The van der Waals surface area contributed by atoms with Crippen molar-refractivity contribution in [2.45, 2.75) is 58.1 Å². The fourth-order valence-electron chi connectivity index (χ4n) is 4.78. The van der Waals surface area contributed by atoms with Crippen LogP contribution in [0.1, 0.15) is 61.0 Å². The zero-order valence-corrected chi connectivity index (χ0v) is 21.4. The Balaban J connectivity index is 1.61. The van der Waals surface area contributed by atoms with Gasteiger partial charge in [-0.2, -0.15) is 0 Å². The first-order chi connectivity index (χ1) is 17.4. The number of aliphatic hydroxyl groups excluding tert-OH is 1. The molecule has 2 aliphatic rings. The van der Waals surface area contributed by atoms with Crippen LogP contribution in [0.4, 0.5) is 0 Å². The third-order valence-corrected chi connectivity index (χ3v) is 7.14. The SMILES string of the molecule is C[C@H]1CN([C@@H](C)CO)C(=O)c2cc(C3=CCCCC3)cnc2O[C@@H]1CN(C)C(=O)Cc1cccnc1. The molecule has 1 aliphatic carbocycles. The average molecular weight is 493 g/mol. The number of fused-ring (bicyclic) bond motifs is 1. The van der Waals surface area contributed by atoms with E-state index in [1.807, 2.05) is 32.0 Å². The predicted octanol–water partition coefficient (Wildman–Crippen LogP) is 3.36. The van der Waals surface area contributed by atoms with Gasteiger partial charge in [0.05, 0.1) is 25.6 Å². The van der Waals surface area contributed by atoms with Crippen LogP contribution in [0.25, 0.3) is 5.57 Å². The van der Waals surface area contributed by atoms with E-state index in [1.165, 1.54) is 12.0 Å². The maximum absolute atomic E-state index is 13.6. The molecule has 8 nitrogen and oxygen atoms in total. The summed E-state index contributed by atoms with van der Waals surface area (Å²) in [5.41, 5.74) is 3.40. The van der Waals surface area contributed by atoms with E-state index in [1.54, 1.807) is 35.4 Å². The van der Waals surface area contributed by atoms with Gasteiger partial charge in [0, 0.05) is 38.1 Å². The van der Waals surface area contributed by atoms with Gasteiger partial charge >= 0.3 is 0 Å². The molecule has 1 aliphatic heterocycles. The molecule has 1 N–H and O–H groups in total. The van der Waals surface area contributed by atoms with Gasteiger partial charge < -0.3 is 19.6 Å². The Morgan fingerprint density at radius 3 is 2.86 bits per heavy atom. The Morgan fingerprint density at radius 2 is 2.17 bits per heavy atom. The minimum Gasteiger partial charge on any atom is -0.472 e. The second-order valence-electron chi connectivity index (χ2n) is 9.99. The van der Waals surface area contributed by atoms with Gasteiger partial charge in [-0.3, -0.25) is 14.6 Å². The molecule has 0 saturated heterocycles. The number of likely N-dealkylation sites (N-methyl/N-ethyl adjacent to an activating group) is 1. The van der Waals surface area contributed by atoms with Crippen LogP contribution in [0, 0.1) is 5.92 Å². The number of carbonyl (C=O) groups is 2. The van der Waals surface area contributed by atoms with Gasteiger partial charge in [0.15, 0.2) is 0 Å². The second kappa shape index (κ2) is 11.6. The number of aromatic nitrogens is 2. The van der Waals surface area contributed by atoms with Crippen molar-refractivity contribution in [1.82, 2.24) is 19.8 Å². The van der Waals surface area contributed by atoms with E-state index < -0.39 is 0 Å². The zero-order valence-electron chi connectivity index (χ0n) is 21.4. The number of ether oxygens (including phenoxy) is 1. The molecule has 2 aromatic rings. The molecule has 2 aromatic heterocycles. The number of allylic oxidation sites excluding steroid dienone is 2. The van der Waals surface area contributed by atoms with Crippen LogP contribution in [0.5, 0.6) is 5.88 Å². The van der Waals surface area contributed by atoms with Crippen molar-refractivity contribution in [1.29, 1.82) is 0 Å². The highest BCUT2D eigenvalue weighted by Crippen LogP contribution is 2.32. The number of hydrogen-bond donors (Lipinski definition) is 1. The summed E-state index contributed by atoms with van der Waals surface area (Å²) in [4.78, 5) is 38.6. The van der Waals surface area contributed by atoms with E-state index >= 15 is 0 Å². The van der Waals surface area contributed by atoms with Crippen LogP contribution >= 0.6 is 0 Å². The molecule has 0 bridgehead atoms. The van der Waals surface area contributed by atoms with Crippen molar-refractivity contribution in [2.24, 2.45) is 5.92 Å². The van der Waals surface area contributed by atoms with Crippen molar-refractivity contribution in [3.63, 3.8) is 0 Å². The Bertz CT molecular complexity index is 1100. The van der Waals surface area contributed by atoms with Crippen LogP contribution in [-0.4, -0.2) is 75.6 Å². The normalized spacial score (nSPS) is 20.9. The lowest BCUT2D eigenvalue weighted by atomic mass is 9.93. The molecule has 0 unspecified atom stereocenters. The Morgan fingerprint density at radius 1 is 1.33 bits per heavy atom. The molecular weight excluding hydrogens is 456 g/mol. The van der Waals surface area contributed by atoms with E-state index in [2.05, 4.69) is 16.0 Å². The summed E-state index contributed by atoms with van der Waals surface area (Å²) in [7, 11) is 1.76. The van der Waals surface area contributed by atoms with Gasteiger partial charge in [-0.25, -0.2) is 4.98 Å². The molecule has 0 spiro atoms. The highest BCUT2D eigenvalue weighted by molar-refractivity contribution is 5.97. The van der Waals surface area contributed by atoms with Gasteiger partial charge in [0.1, 0.15) is 11.7 Å². The van der Waals surface area contributed by atoms with E-state index in [4.69, 9.17) is 4.74 Å². The molecule has 2 amide bonds. The summed E-state index contributed by atoms with van der Waals surface area (Å²) in [6.45, 7) is 4.46. The lowest BCUT2D eigenvalue weighted by Crippen LogP contribution is -2.50. The Labute approximate surface area is 213 Å². The molecule has 36 heavy (non-hydrogen) atoms. The van der Waals surface area contributed by atoms with Gasteiger partial charge in [-0.05, 0) is 61.4 Å². The van der Waals surface area contributed by atoms with Crippen molar-refractivity contribution >= 4 is 17.4 Å². The predicted molar refractivity (Wildman–Crippen MR) is 137 cm³/mol. The number of pyridine rings is 2. The summed E-state index contributed by atoms with van der Waals surface area (Å²) < 4.78 is 6.35. The quantitative estimate of drug-likeness (QED) is 0.637. The molecule has 3 atom stereocenters. The van der Waals surface area contributed by atoms with Crippen LogP contribution < -0.4 is 4.74 Å². The summed E-state index contributed by atoms with van der Waals surface area (Å²) in [6, 6.07) is 5.22. The average Bonchev–Trinajstić information content (AvgIpc) is 2.91. The molecular formula is C28H36N4O4. The fourth-order valence-corrected chi connectivity index (χ4v) is 4.78. The van der Waals surface area contributed by atoms with Crippen LogP contribution in [-0.2, 0) is 11.2 Å². The number of carbonyl (C=O) groups excluding carboxylic acids is 2. The van der Waals surface area contributed by atoms with Crippen LogP contribution in [0.15, 0.2) is 42.9 Å². The van der Waals surface area contributed by atoms with Crippen molar-refractivity contribution in [3.05, 3.63) is 59.6 Å². The Hall–Kier alpha value is -3.26. The molecule has 3 heterocycles. The van der Waals surface area contributed by atoms with Gasteiger partial charge in [-0.15, -0.1) is 0 Å². The number of amides is 2. The fraction of sp³-hybridized carbons (Fsp3) is 0.500. The minimum atomic E-state index is -0.375. The Kier molecular flexibility index (Phi) is 8.36. The molecule has 192 valence electrons. The summed E-state index contributed by atoms with van der Waals surface area (Å²) in [5, 5.41) is 9.88. The maximum atomic E-state index is 13.6. The first-order valence-corrected chi connectivity index (χ1v) is 12.8. The van der Waals surface area contributed by atoms with Crippen molar-refractivity contribution in [2.75, 3.05) is 26.7 Å². The van der Waals surface area contributed by atoms with Crippen molar-refractivity contribution < 1.29 is 19.4 Å². The molecule has 0 fully saturated rings. The first kappa shape index (κ1) is 25.8. The second-order valence-corrected chi connectivity index (χ2v) is 9.99. The largest absolute Gasteiger partial charge is 0.472 e. The van der Waals surface area contributed by atoms with Gasteiger partial charge in [0.25, 0.3) is 5.91 Å². The smallest absolute Gasteiger partial charge is 0.259 e. The third kappa shape index (κ3) is 5.93. The number of aliphatic hydroxyl groups is 1. The summed E-state index contributed by atoms with van der Waals surface area (Å²) in [5.74, 6) is -0.0406. The van der Waals surface area contributed by atoms with Crippen molar-refractivity contribution in [3.8, 4) is 5.88 Å². The standard InChI is InChI=1S/C28H36N4O4/c1-19-16-32(20(2)18-33)28(35)24-13-23(22-9-5-4-6-10-22)15-30-27(24)36-25(19)17-31(3)26(34)12-21-8-7-11-29-14-21/h7-9,11,13-15,19-20,25,33H,4-6,10,12,16-18H2,1-3H3/t19-,20-,25+/m0/s1.